The Hall–Kier alpha value is -1.46. The molecule has 5 nitrogen and oxygen atoms in total. The summed E-state index contributed by atoms with van der Waals surface area (Å²) >= 11 is 5.98. The van der Waals surface area contributed by atoms with Crippen molar-refractivity contribution < 1.29 is 5.11 Å². The fraction of sp³-hybridized carbons (Fsp3) is 0.533. The summed E-state index contributed by atoms with van der Waals surface area (Å²) in [6.07, 6.45) is 4.07. The van der Waals surface area contributed by atoms with Crippen molar-refractivity contribution in [2.75, 3.05) is 5.32 Å². The molecule has 6 heteroatoms. The molecule has 2 rings (SSSR count). The molecule has 2 heterocycles. The maximum atomic E-state index is 10.1. The predicted octanol–water partition coefficient (Wildman–Crippen LogP) is 3.42. The predicted molar refractivity (Wildman–Crippen MR) is 85.6 cm³/mol. The molecule has 0 bridgehead atoms. The number of pyridine rings is 1. The molecule has 0 saturated carbocycles. The number of unbranched alkanes of at least 4 members (excludes halogenated alkanes) is 1. The van der Waals surface area contributed by atoms with Crippen molar-refractivity contribution in [3.05, 3.63) is 23.6 Å². The lowest BCUT2D eigenvalue weighted by Crippen LogP contribution is -2.45. The molecule has 0 aliphatic heterocycles. The van der Waals surface area contributed by atoms with Crippen LogP contribution in [0, 0.1) is 0 Å². The van der Waals surface area contributed by atoms with Gasteiger partial charge in [0.2, 0.25) is 5.28 Å². The van der Waals surface area contributed by atoms with Gasteiger partial charge in [0.15, 0.2) is 5.82 Å². The minimum absolute atomic E-state index is 0.168. The van der Waals surface area contributed by atoms with Gasteiger partial charge in [-0.25, -0.2) is 4.98 Å². The van der Waals surface area contributed by atoms with E-state index >= 15 is 0 Å². The second-order valence-electron chi connectivity index (χ2n) is 5.53. The number of nitrogens with one attached hydrogen (secondary N) is 1. The molecule has 0 aliphatic carbocycles. The third-order valence-electron chi connectivity index (χ3n) is 3.80. The lowest BCUT2D eigenvalue weighted by Gasteiger charge is -2.34. The van der Waals surface area contributed by atoms with Crippen LogP contribution in [0.5, 0.6) is 0 Å². The third-order valence-corrected chi connectivity index (χ3v) is 3.97. The Bertz CT molecular complexity index is 620. The number of hydrogen-bond acceptors (Lipinski definition) is 5. The Balaban J connectivity index is 2.41. The molecule has 2 N–H and O–H groups in total. The molecule has 0 aromatic carbocycles. The van der Waals surface area contributed by atoms with E-state index < -0.39 is 11.6 Å². The fourth-order valence-electron chi connectivity index (χ4n) is 2.22. The van der Waals surface area contributed by atoms with E-state index in [9.17, 15) is 5.11 Å². The topological polar surface area (TPSA) is 70.9 Å². The summed E-state index contributed by atoms with van der Waals surface area (Å²) in [7, 11) is 0. The van der Waals surface area contributed by atoms with E-state index in [0.29, 0.717) is 16.9 Å². The first-order valence-corrected chi connectivity index (χ1v) is 7.58. The minimum atomic E-state index is -0.531. The Morgan fingerprint density at radius 1 is 1.43 bits per heavy atom. The van der Waals surface area contributed by atoms with Gasteiger partial charge in [-0.1, -0.05) is 19.8 Å². The van der Waals surface area contributed by atoms with Crippen LogP contribution in [0.1, 0.15) is 40.0 Å². The van der Waals surface area contributed by atoms with Crippen LogP contribution >= 0.6 is 11.6 Å². The highest BCUT2D eigenvalue weighted by atomic mass is 35.5. The number of aromatic nitrogens is 3. The van der Waals surface area contributed by atoms with Crippen LogP contribution < -0.4 is 5.32 Å². The maximum absolute atomic E-state index is 10.1. The SMILES string of the molecule is CCCC[C@@](C)(Nc1nc(Cl)nc2cccnc12)C(C)O. The van der Waals surface area contributed by atoms with E-state index in [1.54, 1.807) is 19.2 Å². The number of anilines is 1. The van der Waals surface area contributed by atoms with Crippen molar-refractivity contribution in [2.24, 2.45) is 0 Å². The van der Waals surface area contributed by atoms with E-state index in [2.05, 4.69) is 27.2 Å². The van der Waals surface area contributed by atoms with Gasteiger partial charge in [0.05, 0.1) is 17.2 Å². The Morgan fingerprint density at radius 3 is 2.86 bits per heavy atom. The molecule has 21 heavy (non-hydrogen) atoms. The zero-order chi connectivity index (χ0) is 15.5. The van der Waals surface area contributed by atoms with Gasteiger partial charge in [-0.05, 0) is 44.0 Å². The fourth-order valence-corrected chi connectivity index (χ4v) is 2.39. The summed E-state index contributed by atoms with van der Waals surface area (Å²) in [5.41, 5.74) is 0.853. The summed E-state index contributed by atoms with van der Waals surface area (Å²) < 4.78 is 0. The quantitative estimate of drug-likeness (QED) is 0.800. The van der Waals surface area contributed by atoms with Crippen molar-refractivity contribution in [3.8, 4) is 0 Å². The first kappa shape index (κ1) is 15.9. The summed E-state index contributed by atoms with van der Waals surface area (Å²) in [4.78, 5) is 12.7. The van der Waals surface area contributed by atoms with Crippen LogP contribution in [0.15, 0.2) is 18.3 Å². The van der Waals surface area contributed by atoms with E-state index in [1.807, 2.05) is 13.0 Å². The molecular weight excluding hydrogens is 288 g/mol. The summed E-state index contributed by atoms with van der Waals surface area (Å²) in [6, 6.07) is 3.65. The highest BCUT2D eigenvalue weighted by Crippen LogP contribution is 2.27. The zero-order valence-electron chi connectivity index (χ0n) is 12.6. The van der Waals surface area contributed by atoms with Gasteiger partial charge in [0.1, 0.15) is 5.52 Å². The van der Waals surface area contributed by atoms with E-state index in [-0.39, 0.29) is 5.28 Å². The summed E-state index contributed by atoms with van der Waals surface area (Å²) in [6.45, 7) is 5.89. The van der Waals surface area contributed by atoms with Crippen LogP contribution in [-0.2, 0) is 0 Å². The highest BCUT2D eigenvalue weighted by molar-refractivity contribution is 6.28. The average Bonchev–Trinajstić information content (AvgIpc) is 2.44. The molecule has 0 saturated heterocycles. The van der Waals surface area contributed by atoms with Gasteiger partial charge in [-0.15, -0.1) is 0 Å². The Labute approximate surface area is 129 Å². The first-order valence-electron chi connectivity index (χ1n) is 7.21. The molecule has 0 spiro atoms. The van der Waals surface area contributed by atoms with Crippen LogP contribution in [-0.4, -0.2) is 31.7 Å². The van der Waals surface area contributed by atoms with Crippen LogP contribution in [0.4, 0.5) is 5.82 Å². The summed E-state index contributed by atoms with van der Waals surface area (Å²) in [5, 5.41) is 13.6. The molecule has 114 valence electrons. The van der Waals surface area contributed by atoms with Gasteiger partial charge in [-0.2, -0.15) is 4.98 Å². The number of aliphatic hydroxyl groups is 1. The first-order chi connectivity index (χ1) is 9.96. The van der Waals surface area contributed by atoms with Crippen molar-refractivity contribution in [1.29, 1.82) is 0 Å². The van der Waals surface area contributed by atoms with Gasteiger partial charge in [0, 0.05) is 6.20 Å². The van der Waals surface area contributed by atoms with E-state index in [1.165, 1.54) is 0 Å². The van der Waals surface area contributed by atoms with Crippen LogP contribution in [0.25, 0.3) is 11.0 Å². The molecule has 0 aliphatic rings. The second kappa shape index (κ2) is 6.54. The number of aliphatic hydroxyl groups excluding tert-OH is 1. The van der Waals surface area contributed by atoms with Gasteiger partial charge < -0.3 is 10.4 Å². The largest absolute Gasteiger partial charge is 0.391 e. The second-order valence-corrected chi connectivity index (χ2v) is 5.87. The lowest BCUT2D eigenvalue weighted by atomic mass is 9.89. The smallest absolute Gasteiger partial charge is 0.225 e. The maximum Gasteiger partial charge on any atom is 0.225 e. The molecule has 0 fully saturated rings. The van der Waals surface area contributed by atoms with Crippen LogP contribution in [0.2, 0.25) is 5.28 Å². The van der Waals surface area contributed by atoms with Crippen molar-refractivity contribution >= 4 is 28.5 Å². The third kappa shape index (κ3) is 3.60. The number of fused-ring (bicyclic) bond motifs is 1. The average molecular weight is 309 g/mol. The van der Waals surface area contributed by atoms with Crippen molar-refractivity contribution in [1.82, 2.24) is 15.0 Å². The number of hydrogen-bond donors (Lipinski definition) is 2. The number of rotatable bonds is 6. The van der Waals surface area contributed by atoms with Gasteiger partial charge >= 0.3 is 0 Å². The Kier molecular flexibility index (Phi) is 4.96. The van der Waals surface area contributed by atoms with Gasteiger partial charge in [0.25, 0.3) is 0 Å². The molecule has 1 unspecified atom stereocenters. The van der Waals surface area contributed by atoms with Crippen molar-refractivity contribution in [2.45, 2.75) is 51.7 Å². The van der Waals surface area contributed by atoms with Crippen molar-refractivity contribution in [3.63, 3.8) is 0 Å². The van der Waals surface area contributed by atoms with Crippen LogP contribution in [0.3, 0.4) is 0 Å². The molecule has 0 amide bonds. The minimum Gasteiger partial charge on any atom is -0.391 e. The monoisotopic (exact) mass is 308 g/mol. The highest BCUT2D eigenvalue weighted by Gasteiger charge is 2.30. The Morgan fingerprint density at radius 2 is 2.19 bits per heavy atom. The number of halogens is 1. The zero-order valence-corrected chi connectivity index (χ0v) is 13.4. The van der Waals surface area contributed by atoms with E-state index in [4.69, 9.17) is 11.6 Å². The molecule has 2 atom stereocenters. The standard InChI is InChI=1S/C15H21ClN4O/c1-4-5-8-15(3,10(2)21)20-13-12-11(7-6-9-17-12)18-14(16)19-13/h6-7,9-10,21H,4-5,8H2,1-3H3,(H,18,19,20)/t10?,15-/m1/s1. The molecule has 0 radical (unpaired) electrons. The van der Waals surface area contributed by atoms with E-state index in [0.717, 1.165) is 19.3 Å². The molecule has 2 aromatic heterocycles. The molecular formula is C15H21ClN4O. The normalized spacial score (nSPS) is 15.7. The summed E-state index contributed by atoms with van der Waals surface area (Å²) in [5.74, 6) is 0.560. The lowest BCUT2D eigenvalue weighted by molar-refractivity contribution is 0.116. The van der Waals surface area contributed by atoms with Gasteiger partial charge in [-0.3, -0.25) is 4.98 Å². The number of nitrogens with zero attached hydrogens (tertiary/aromatic N) is 3. The molecule has 2 aromatic rings.